The van der Waals surface area contributed by atoms with E-state index in [9.17, 15) is 10.1 Å². The van der Waals surface area contributed by atoms with Gasteiger partial charge in [-0.15, -0.1) is 0 Å². The third kappa shape index (κ3) is 3.61. The lowest BCUT2D eigenvalue weighted by Crippen LogP contribution is -2.15. The number of nitrogens with one attached hydrogen (secondary N) is 1. The summed E-state index contributed by atoms with van der Waals surface area (Å²) in [5.74, 6) is 0. The maximum absolute atomic E-state index is 10.7. The summed E-state index contributed by atoms with van der Waals surface area (Å²) in [4.78, 5) is 10.3. The molecule has 0 aliphatic carbocycles. The number of rotatable bonds is 5. The minimum absolute atomic E-state index is 0.0904. The molecule has 0 bridgehead atoms. The predicted octanol–water partition coefficient (Wildman–Crippen LogP) is 2.36. The molecule has 1 rings (SSSR count). The number of nitrogens with zero attached hydrogens (tertiary/aromatic N) is 2. The van der Waals surface area contributed by atoms with Crippen molar-refractivity contribution in [3.05, 3.63) is 38.3 Å². The molecule has 0 saturated heterocycles. The highest BCUT2D eigenvalue weighted by Crippen LogP contribution is 2.22. The Labute approximate surface area is 101 Å². The number of nitro groups is 1. The van der Waals surface area contributed by atoms with E-state index in [-0.39, 0.29) is 5.69 Å². The molecule has 0 saturated carbocycles. The third-order valence-corrected chi connectivity index (χ3v) is 2.46. The summed E-state index contributed by atoms with van der Waals surface area (Å²) in [7, 11) is 0. The Morgan fingerprint density at radius 2 is 2.31 bits per heavy atom. The van der Waals surface area contributed by atoms with Gasteiger partial charge in [-0.1, -0.05) is 15.9 Å². The van der Waals surface area contributed by atoms with Crippen molar-refractivity contribution in [1.82, 2.24) is 5.32 Å². The molecule has 5 nitrogen and oxygen atoms in total. The molecule has 0 heterocycles. The van der Waals surface area contributed by atoms with Crippen molar-refractivity contribution in [2.45, 2.75) is 13.0 Å². The van der Waals surface area contributed by atoms with E-state index in [1.54, 1.807) is 12.1 Å². The van der Waals surface area contributed by atoms with Gasteiger partial charge >= 0.3 is 0 Å². The van der Waals surface area contributed by atoms with E-state index >= 15 is 0 Å². The van der Waals surface area contributed by atoms with Crippen LogP contribution in [0, 0.1) is 21.4 Å². The highest BCUT2D eigenvalue weighted by atomic mass is 79.9. The van der Waals surface area contributed by atoms with Gasteiger partial charge in [0, 0.05) is 35.6 Å². The van der Waals surface area contributed by atoms with E-state index in [0.29, 0.717) is 25.1 Å². The molecule has 0 radical (unpaired) electrons. The topological polar surface area (TPSA) is 79.0 Å². The molecule has 0 amide bonds. The number of halogens is 1. The SMILES string of the molecule is N#CCCNCc1cc(Br)ccc1[N+](=O)[O-]. The van der Waals surface area contributed by atoms with Gasteiger partial charge < -0.3 is 5.32 Å². The van der Waals surface area contributed by atoms with Crippen LogP contribution in [-0.2, 0) is 6.54 Å². The lowest BCUT2D eigenvalue weighted by atomic mass is 10.2. The molecular formula is C10H10BrN3O2. The zero-order valence-corrected chi connectivity index (χ0v) is 10.0. The smallest absolute Gasteiger partial charge is 0.273 e. The van der Waals surface area contributed by atoms with E-state index in [0.717, 1.165) is 4.47 Å². The first-order valence-corrected chi connectivity index (χ1v) is 5.45. The fraction of sp³-hybridized carbons (Fsp3) is 0.300. The second kappa shape index (κ2) is 6.20. The van der Waals surface area contributed by atoms with Crippen LogP contribution in [0.1, 0.15) is 12.0 Å². The van der Waals surface area contributed by atoms with Crippen molar-refractivity contribution in [3.63, 3.8) is 0 Å². The molecule has 1 aromatic carbocycles. The number of benzene rings is 1. The largest absolute Gasteiger partial charge is 0.311 e. The Bertz CT molecular complexity index is 429. The standard InChI is InChI=1S/C10H10BrN3O2/c11-9-2-3-10(14(15)16)8(6-9)7-13-5-1-4-12/h2-3,6,13H,1,5,7H2. The normalized spacial score (nSPS) is 9.75. The van der Waals surface area contributed by atoms with Gasteiger partial charge in [0.25, 0.3) is 5.69 Å². The fourth-order valence-corrected chi connectivity index (χ4v) is 1.65. The maximum Gasteiger partial charge on any atom is 0.273 e. The molecule has 1 N–H and O–H groups in total. The summed E-state index contributed by atoms with van der Waals surface area (Å²) in [5, 5.41) is 22.1. The first-order chi connectivity index (χ1) is 7.65. The second-order valence-electron chi connectivity index (χ2n) is 3.12. The van der Waals surface area contributed by atoms with Crippen LogP contribution in [-0.4, -0.2) is 11.5 Å². The van der Waals surface area contributed by atoms with Crippen LogP contribution in [0.2, 0.25) is 0 Å². The molecule has 0 aliphatic heterocycles. The summed E-state index contributed by atoms with van der Waals surface area (Å²) < 4.78 is 0.801. The van der Waals surface area contributed by atoms with E-state index in [4.69, 9.17) is 5.26 Å². The van der Waals surface area contributed by atoms with Gasteiger partial charge in [0.1, 0.15) is 0 Å². The molecule has 1 aromatic rings. The second-order valence-corrected chi connectivity index (χ2v) is 4.03. The lowest BCUT2D eigenvalue weighted by Gasteiger charge is -2.04. The van der Waals surface area contributed by atoms with Crippen LogP contribution in [0.3, 0.4) is 0 Å². The van der Waals surface area contributed by atoms with Crippen molar-refractivity contribution in [2.24, 2.45) is 0 Å². The van der Waals surface area contributed by atoms with Gasteiger partial charge in [0.2, 0.25) is 0 Å². The van der Waals surface area contributed by atoms with E-state index in [2.05, 4.69) is 21.2 Å². The first-order valence-electron chi connectivity index (χ1n) is 4.65. The molecule has 0 unspecified atom stereocenters. The zero-order chi connectivity index (χ0) is 12.0. The van der Waals surface area contributed by atoms with Crippen molar-refractivity contribution < 1.29 is 4.92 Å². The Hall–Kier alpha value is -1.45. The summed E-state index contributed by atoms with van der Waals surface area (Å²) >= 11 is 3.27. The number of nitriles is 1. The van der Waals surface area contributed by atoms with Crippen LogP contribution in [0.5, 0.6) is 0 Å². The number of hydrogen-bond acceptors (Lipinski definition) is 4. The highest BCUT2D eigenvalue weighted by Gasteiger charge is 2.12. The molecule has 6 heteroatoms. The molecule has 84 valence electrons. The van der Waals surface area contributed by atoms with Crippen LogP contribution in [0.15, 0.2) is 22.7 Å². The Morgan fingerprint density at radius 3 is 2.94 bits per heavy atom. The highest BCUT2D eigenvalue weighted by molar-refractivity contribution is 9.10. The number of hydrogen-bond donors (Lipinski definition) is 1. The van der Waals surface area contributed by atoms with Gasteiger partial charge in [-0.25, -0.2) is 0 Å². The molecular weight excluding hydrogens is 274 g/mol. The van der Waals surface area contributed by atoms with Crippen LogP contribution >= 0.6 is 15.9 Å². The molecule has 0 aromatic heterocycles. The molecule has 0 fully saturated rings. The molecule has 0 aliphatic rings. The van der Waals surface area contributed by atoms with Crippen molar-refractivity contribution >= 4 is 21.6 Å². The van der Waals surface area contributed by atoms with Gasteiger partial charge in [0.15, 0.2) is 0 Å². The first kappa shape index (κ1) is 12.6. The Balaban J connectivity index is 2.73. The average molecular weight is 284 g/mol. The molecule has 0 atom stereocenters. The Kier molecular flexibility index (Phi) is 4.89. The van der Waals surface area contributed by atoms with Gasteiger partial charge in [-0.05, 0) is 12.1 Å². The van der Waals surface area contributed by atoms with Crippen LogP contribution in [0.4, 0.5) is 5.69 Å². The summed E-state index contributed by atoms with van der Waals surface area (Å²) in [6, 6.07) is 6.80. The van der Waals surface area contributed by atoms with Crippen LogP contribution in [0.25, 0.3) is 0 Å². The predicted molar refractivity (Wildman–Crippen MR) is 62.7 cm³/mol. The quantitative estimate of drug-likeness (QED) is 0.511. The maximum atomic E-state index is 10.7. The van der Waals surface area contributed by atoms with Crippen LogP contribution < -0.4 is 5.32 Å². The average Bonchev–Trinajstić information content (AvgIpc) is 2.24. The van der Waals surface area contributed by atoms with E-state index in [1.165, 1.54) is 6.07 Å². The summed E-state index contributed by atoms with van der Waals surface area (Å²) in [6.45, 7) is 0.914. The monoisotopic (exact) mass is 283 g/mol. The van der Waals surface area contributed by atoms with Crippen molar-refractivity contribution in [2.75, 3.05) is 6.54 Å². The van der Waals surface area contributed by atoms with Gasteiger partial charge in [-0.3, -0.25) is 10.1 Å². The Morgan fingerprint density at radius 1 is 1.56 bits per heavy atom. The van der Waals surface area contributed by atoms with E-state index < -0.39 is 4.92 Å². The molecule has 0 spiro atoms. The summed E-state index contributed by atoms with van der Waals surface area (Å²) in [5.41, 5.74) is 0.699. The minimum atomic E-state index is -0.409. The third-order valence-electron chi connectivity index (χ3n) is 1.97. The molecule has 16 heavy (non-hydrogen) atoms. The lowest BCUT2D eigenvalue weighted by molar-refractivity contribution is -0.385. The van der Waals surface area contributed by atoms with Crippen molar-refractivity contribution in [3.8, 4) is 6.07 Å². The number of nitro benzene ring substituents is 1. The van der Waals surface area contributed by atoms with Gasteiger partial charge in [0.05, 0.1) is 11.0 Å². The zero-order valence-electron chi connectivity index (χ0n) is 8.44. The minimum Gasteiger partial charge on any atom is -0.311 e. The van der Waals surface area contributed by atoms with Gasteiger partial charge in [-0.2, -0.15) is 5.26 Å². The van der Waals surface area contributed by atoms with E-state index in [1.807, 2.05) is 6.07 Å². The van der Waals surface area contributed by atoms with Crippen molar-refractivity contribution in [1.29, 1.82) is 5.26 Å². The summed E-state index contributed by atoms with van der Waals surface area (Å²) in [6.07, 6.45) is 0.391. The fourth-order valence-electron chi connectivity index (χ4n) is 1.24.